The lowest BCUT2D eigenvalue weighted by atomic mass is 10.4. The van der Waals surface area contributed by atoms with Crippen LogP contribution in [0, 0.1) is 0 Å². The maximum atomic E-state index is 10.4. The van der Waals surface area contributed by atoms with Gasteiger partial charge >= 0.3 is 0 Å². The number of allylic oxidation sites excluding steroid dienone is 2. The molecule has 0 aromatic carbocycles. The Labute approximate surface area is 55.5 Å². The maximum Gasteiger partial charge on any atom is 0.155 e. The van der Waals surface area contributed by atoms with Gasteiger partial charge < -0.3 is 4.74 Å². The van der Waals surface area contributed by atoms with Crippen molar-refractivity contribution in [3.8, 4) is 0 Å². The van der Waals surface area contributed by atoms with E-state index >= 15 is 0 Å². The molecule has 0 amide bonds. The second-order valence-corrected chi connectivity index (χ2v) is 1.80. The third-order valence-electron chi connectivity index (χ3n) is 0.779. The first-order valence-electron chi connectivity index (χ1n) is 2.98. The van der Waals surface area contributed by atoms with Gasteiger partial charge in [-0.1, -0.05) is 0 Å². The van der Waals surface area contributed by atoms with E-state index in [4.69, 9.17) is 4.74 Å². The van der Waals surface area contributed by atoms with Gasteiger partial charge in [0.2, 0.25) is 0 Å². The standard InChI is InChI=1S/C7H12O2/c1-4-9-7(3)5-6(2)8/h5H,4H2,1-3H3/b7-5+. The van der Waals surface area contributed by atoms with Gasteiger partial charge in [-0.15, -0.1) is 0 Å². The number of hydrogen-bond donors (Lipinski definition) is 0. The van der Waals surface area contributed by atoms with Crippen LogP contribution in [0.5, 0.6) is 0 Å². The van der Waals surface area contributed by atoms with Crippen molar-refractivity contribution in [1.29, 1.82) is 0 Å². The molecule has 0 saturated carbocycles. The van der Waals surface area contributed by atoms with Crippen LogP contribution in [0.25, 0.3) is 0 Å². The molecule has 0 aliphatic heterocycles. The predicted octanol–water partition coefficient (Wildman–Crippen LogP) is 1.52. The maximum absolute atomic E-state index is 10.4. The fourth-order valence-electron chi connectivity index (χ4n) is 0.556. The number of hydrogen-bond acceptors (Lipinski definition) is 2. The van der Waals surface area contributed by atoms with E-state index in [0.29, 0.717) is 12.4 Å². The summed E-state index contributed by atoms with van der Waals surface area (Å²) in [7, 11) is 0. The molecule has 0 heterocycles. The Morgan fingerprint density at radius 3 is 2.44 bits per heavy atom. The molecule has 0 aliphatic rings. The minimum Gasteiger partial charge on any atom is -0.498 e. The van der Waals surface area contributed by atoms with Gasteiger partial charge in [0.15, 0.2) is 5.78 Å². The lowest BCUT2D eigenvalue weighted by Crippen LogP contribution is -1.90. The van der Waals surface area contributed by atoms with Crippen molar-refractivity contribution in [3.05, 3.63) is 11.8 Å². The molecular formula is C7H12O2. The summed E-state index contributed by atoms with van der Waals surface area (Å²) in [6, 6.07) is 0. The van der Waals surface area contributed by atoms with Gasteiger partial charge in [0, 0.05) is 6.08 Å². The zero-order valence-electron chi connectivity index (χ0n) is 6.10. The summed E-state index contributed by atoms with van der Waals surface area (Å²) in [4.78, 5) is 10.4. The normalized spacial score (nSPS) is 11.2. The highest BCUT2D eigenvalue weighted by Crippen LogP contribution is 1.93. The van der Waals surface area contributed by atoms with E-state index in [1.807, 2.05) is 6.92 Å². The Bertz CT molecular complexity index is 125. The van der Waals surface area contributed by atoms with Gasteiger partial charge in [-0.3, -0.25) is 4.79 Å². The van der Waals surface area contributed by atoms with E-state index in [9.17, 15) is 4.79 Å². The van der Waals surface area contributed by atoms with Crippen LogP contribution >= 0.6 is 0 Å². The average molecular weight is 128 g/mol. The highest BCUT2D eigenvalue weighted by atomic mass is 16.5. The van der Waals surface area contributed by atoms with Crippen molar-refractivity contribution >= 4 is 5.78 Å². The van der Waals surface area contributed by atoms with Crippen molar-refractivity contribution < 1.29 is 9.53 Å². The number of carbonyl (C=O) groups excluding carboxylic acids is 1. The Morgan fingerprint density at radius 2 is 2.11 bits per heavy atom. The lowest BCUT2D eigenvalue weighted by molar-refractivity contribution is -0.112. The average Bonchev–Trinajstić information content (AvgIpc) is 1.63. The molecule has 0 saturated heterocycles. The minimum atomic E-state index is 0.0287. The molecule has 0 unspecified atom stereocenters. The summed E-state index contributed by atoms with van der Waals surface area (Å²) in [5.74, 6) is 0.714. The molecule has 0 fully saturated rings. The second-order valence-electron chi connectivity index (χ2n) is 1.80. The summed E-state index contributed by atoms with van der Waals surface area (Å²) in [6.07, 6.45) is 1.48. The van der Waals surface area contributed by atoms with Crippen LogP contribution in [-0.2, 0) is 9.53 Å². The predicted molar refractivity (Wildman–Crippen MR) is 36.1 cm³/mol. The van der Waals surface area contributed by atoms with Crippen LogP contribution in [0.3, 0.4) is 0 Å². The SMILES string of the molecule is CCO/C(C)=C/C(C)=O. The third kappa shape index (κ3) is 5.07. The number of rotatable bonds is 3. The fraction of sp³-hybridized carbons (Fsp3) is 0.571. The second kappa shape index (κ2) is 4.13. The Hall–Kier alpha value is -0.790. The quantitative estimate of drug-likeness (QED) is 0.425. The van der Waals surface area contributed by atoms with Gasteiger partial charge in [-0.2, -0.15) is 0 Å². The van der Waals surface area contributed by atoms with Gasteiger partial charge in [0.1, 0.15) is 0 Å². The molecule has 0 rings (SSSR count). The van der Waals surface area contributed by atoms with Crippen LogP contribution in [0.4, 0.5) is 0 Å². The Morgan fingerprint density at radius 1 is 1.56 bits per heavy atom. The molecule has 52 valence electrons. The zero-order valence-corrected chi connectivity index (χ0v) is 6.10. The van der Waals surface area contributed by atoms with Crippen LogP contribution < -0.4 is 0 Å². The minimum absolute atomic E-state index is 0.0287. The van der Waals surface area contributed by atoms with Crippen LogP contribution in [0.2, 0.25) is 0 Å². The molecule has 0 spiro atoms. The van der Waals surface area contributed by atoms with Crippen LogP contribution in [0.15, 0.2) is 11.8 Å². The van der Waals surface area contributed by atoms with Gasteiger partial charge in [0.05, 0.1) is 12.4 Å². The lowest BCUT2D eigenvalue weighted by Gasteiger charge is -1.99. The first-order chi connectivity index (χ1) is 4.16. The van der Waals surface area contributed by atoms with Crippen molar-refractivity contribution in [2.75, 3.05) is 6.61 Å². The summed E-state index contributed by atoms with van der Waals surface area (Å²) in [6.45, 7) is 5.78. The van der Waals surface area contributed by atoms with Crippen molar-refractivity contribution in [3.63, 3.8) is 0 Å². The first-order valence-corrected chi connectivity index (χ1v) is 2.98. The van der Waals surface area contributed by atoms with Gasteiger partial charge in [0.25, 0.3) is 0 Å². The van der Waals surface area contributed by atoms with E-state index in [2.05, 4.69) is 0 Å². The van der Waals surface area contributed by atoms with Crippen molar-refractivity contribution in [2.45, 2.75) is 20.8 Å². The molecule has 0 aromatic heterocycles. The summed E-state index contributed by atoms with van der Waals surface area (Å²) in [5, 5.41) is 0. The molecule has 0 atom stereocenters. The van der Waals surface area contributed by atoms with Crippen LogP contribution in [-0.4, -0.2) is 12.4 Å². The molecule has 2 nitrogen and oxygen atoms in total. The number of ketones is 1. The molecule has 9 heavy (non-hydrogen) atoms. The molecule has 0 aromatic rings. The fourth-order valence-corrected chi connectivity index (χ4v) is 0.556. The van der Waals surface area contributed by atoms with E-state index < -0.39 is 0 Å². The van der Waals surface area contributed by atoms with E-state index in [-0.39, 0.29) is 5.78 Å². The summed E-state index contributed by atoms with van der Waals surface area (Å²) < 4.78 is 4.99. The van der Waals surface area contributed by atoms with Crippen molar-refractivity contribution in [1.82, 2.24) is 0 Å². The molecule has 0 N–H and O–H groups in total. The highest BCUT2D eigenvalue weighted by Gasteiger charge is 1.88. The smallest absolute Gasteiger partial charge is 0.155 e. The van der Waals surface area contributed by atoms with Crippen molar-refractivity contribution in [2.24, 2.45) is 0 Å². The molecular weight excluding hydrogens is 116 g/mol. The molecule has 2 heteroatoms. The topological polar surface area (TPSA) is 26.3 Å². The van der Waals surface area contributed by atoms with E-state index in [1.54, 1.807) is 6.92 Å². The first kappa shape index (κ1) is 8.21. The Kier molecular flexibility index (Phi) is 3.76. The third-order valence-corrected chi connectivity index (χ3v) is 0.779. The van der Waals surface area contributed by atoms with E-state index in [0.717, 1.165) is 0 Å². The largest absolute Gasteiger partial charge is 0.498 e. The van der Waals surface area contributed by atoms with Crippen LogP contribution in [0.1, 0.15) is 20.8 Å². The number of ether oxygens (including phenoxy) is 1. The highest BCUT2D eigenvalue weighted by molar-refractivity contribution is 5.87. The summed E-state index contributed by atoms with van der Waals surface area (Å²) >= 11 is 0. The molecule has 0 radical (unpaired) electrons. The summed E-state index contributed by atoms with van der Waals surface area (Å²) in [5.41, 5.74) is 0. The number of carbonyl (C=O) groups is 1. The van der Waals surface area contributed by atoms with Gasteiger partial charge in [-0.05, 0) is 20.8 Å². The van der Waals surface area contributed by atoms with Gasteiger partial charge in [-0.25, -0.2) is 0 Å². The zero-order chi connectivity index (χ0) is 7.28. The Balaban J connectivity index is 3.69. The van der Waals surface area contributed by atoms with E-state index in [1.165, 1.54) is 13.0 Å². The molecule has 0 bridgehead atoms. The monoisotopic (exact) mass is 128 g/mol. The molecule has 0 aliphatic carbocycles.